The normalized spacial score (nSPS) is 33.3. The van der Waals surface area contributed by atoms with Gasteiger partial charge in [-0.3, -0.25) is 9.59 Å². The van der Waals surface area contributed by atoms with E-state index >= 15 is 0 Å². The van der Waals surface area contributed by atoms with Crippen LogP contribution in [-0.2, 0) is 9.59 Å². The van der Waals surface area contributed by atoms with Crippen LogP contribution in [0, 0.1) is 11.3 Å². The average Bonchev–Trinajstić information content (AvgIpc) is 2.90. The first-order valence-electron chi connectivity index (χ1n) is 8.04. The van der Waals surface area contributed by atoms with Crippen LogP contribution in [0.3, 0.4) is 0 Å². The number of carbonyl (C=O) groups is 2. The van der Waals surface area contributed by atoms with Crippen LogP contribution in [0.25, 0.3) is 6.08 Å². The fraction of sp³-hybridized carbons (Fsp3) is 0.474. The monoisotopic (exact) mass is 297 g/mol. The number of hydrogen-bond donors (Lipinski definition) is 1. The Morgan fingerprint density at radius 3 is 2.32 bits per heavy atom. The second kappa shape index (κ2) is 5.38. The van der Waals surface area contributed by atoms with Gasteiger partial charge in [-0.2, -0.15) is 0 Å². The van der Waals surface area contributed by atoms with Gasteiger partial charge >= 0.3 is 0 Å². The van der Waals surface area contributed by atoms with E-state index < -0.39 is 11.7 Å². The van der Waals surface area contributed by atoms with Crippen molar-refractivity contribution in [3.8, 4) is 0 Å². The Morgan fingerprint density at radius 1 is 1.14 bits per heavy atom. The van der Waals surface area contributed by atoms with Crippen molar-refractivity contribution in [3.63, 3.8) is 0 Å². The minimum Gasteiger partial charge on any atom is -0.343 e. The summed E-state index contributed by atoms with van der Waals surface area (Å²) in [6, 6.07) is 9.54. The zero-order chi connectivity index (χ0) is 15.8. The minimum absolute atomic E-state index is 0.136. The zero-order valence-corrected chi connectivity index (χ0v) is 13.3. The van der Waals surface area contributed by atoms with E-state index in [-0.39, 0.29) is 11.0 Å². The highest BCUT2D eigenvalue weighted by atomic mass is 16.2. The number of fused-ring (bicyclic) bond motifs is 2. The lowest BCUT2D eigenvalue weighted by Crippen LogP contribution is -2.55. The Hall–Kier alpha value is -1.90. The molecule has 1 aromatic rings. The molecular weight excluding hydrogens is 274 g/mol. The lowest BCUT2D eigenvalue weighted by Gasteiger charge is -2.38. The van der Waals surface area contributed by atoms with Gasteiger partial charge in [-0.05, 0) is 55.6 Å². The van der Waals surface area contributed by atoms with Crippen molar-refractivity contribution in [1.29, 1.82) is 0 Å². The molecule has 3 nitrogen and oxygen atoms in total. The predicted octanol–water partition coefficient (Wildman–Crippen LogP) is 3.35. The molecule has 3 rings (SSSR count). The smallest absolute Gasteiger partial charge is 0.292 e. The number of rotatable bonds is 4. The average molecular weight is 297 g/mol. The molecule has 1 aromatic carbocycles. The second-order valence-corrected chi connectivity index (χ2v) is 7.10. The molecule has 0 unspecified atom stereocenters. The fourth-order valence-electron chi connectivity index (χ4n) is 4.21. The topological polar surface area (TPSA) is 46.2 Å². The summed E-state index contributed by atoms with van der Waals surface area (Å²) in [5.74, 6) is -0.443. The number of nitrogens with one attached hydrogen (secondary N) is 1. The molecule has 116 valence electrons. The van der Waals surface area contributed by atoms with Gasteiger partial charge in [-0.15, -0.1) is 0 Å². The molecule has 0 spiro atoms. The maximum Gasteiger partial charge on any atom is 0.292 e. The SMILES string of the molecule is C[C@]1(NC(=O)C(=O)/C=C/c2ccccc2)[C@H]2CC[C@]1(C)CC2. The molecule has 1 amide bonds. The molecule has 0 radical (unpaired) electrons. The molecule has 2 aliphatic carbocycles. The van der Waals surface area contributed by atoms with Gasteiger partial charge in [0.25, 0.3) is 5.91 Å². The van der Waals surface area contributed by atoms with E-state index in [2.05, 4.69) is 19.2 Å². The Morgan fingerprint density at radius 2 is 1.77 bits per heavy atom. The van der Waals surface area contributed by atoms with Gasteiger partial charge in [-0.1, -0.05) is 43.3 Å². The number of carbonyl (C=O) groups excluding carboxylic acids is 2. The maximum atomic E-state index is 12.3. The van der Waals surface area contributed by atoms with Gasteiger partial charge in [0.05, 0.1) is 0 Å². The first-order valence-corrected chi connectivity index (χ1v) is 8.04. The minimum atomic E-state index is -0.477. The van der Waals surface area contributed by atoms with Crippen LogP contribution in [0.4, 0.5) is 0 Å². The van der Waals surface area contributed by atoms with Gasteiger partial charge in [0.15, 0.2) is 0 Å². The van der Waals surface area contributed by atoms with Gasteiger partial charge in [-0.25, -0.2) is 0 Å². The highest BCUT2D eigenvalue weighted by Crippen LogP contribution is 2.60. The fourth-order valence-corrected chi connectivity index (χ4v) is 4.21. The number of benzene rings is 1. The molecule has 0 aromatic heterocycles. The number of hydrogen-bond acceptors (Lipinski definition) is 2. The molecule has 2 saturated carbocycles. The van der Waals surface area contributed by atoms with Crippen molar-refractivity contribution in [1.82, 2.24) is 5.32 Å². The van der Waals surface area contributed by atoms with Gasteiger partial charge < -0.3 is 5.32 Å². The molecule has 0 saturated heterocycles. The van der Waals surface area contributed by atoms with E-state index in [1.807, 2.05) is 30.3 Å². The van der Waals surface area contributed by atoms with E-state index in [4.69, 9.17) is 0 Å². The van der Waals surface area contributed by atoms with E-state index in [1.54, 1.807) is 6.08 Å². The summed E-state index contributed by atoms with van der Waals surface area (Å²) in [6.07, 6.45) is 7.65. The molecule has 2 fully saturated rings. The van der Waals surface area contributed by atoms with Crippen LogP contribution in [0.2, 0.25) is 0 Å². The molecule has 1 N–H and O–H groups in total. The Balaban J connectivity index is 1.67. The summed E-state index contributed by atoms with van der Waals surface area (Å²) < 4.78 is 0. The van der Waals surface area contributed by atoms with Crippen LogP contribution in [0.15, 0.2) is 36.4 Å². The number of ketones is 1. The van der Waals surface area contributed by atoms with Crippen LogP contribution < -0.4 is 5.32 Å². The second-order valence-electron chi connectivity index (χ2n) is 7.10. The number of amides is 1. The molecule has 3 heteroatoms. The third kappa shape index (κ3) is 2.39. The highest BCUT2D eigenvalue weighted by molar-refractivity contribution is 6.41. The maximum absolute atomic E-state index is 12.3. The largest absolute Gasteiger partial charge is 0.343 e. The Bertz CT molecular complexity index is 612. The molecule has 1 atom stereocenters. The third-order valence-electron chi connectivity index (χ3n) is 5.98. The van der Waals surface area contributed by atoms with Crippen molar-refractivity contribution in [2.24, 2.45) is 11.3 Å². The predicted molar refractivity (Wildman–Crippen MR) is 87.1 cm³/mol. The quantitative estimate of drug-likeness (QED) is 0.684. The van der Waals surface area contributed by atoms with Crippen molar-refractivity contribution >= 4 is 17.8 Å². The van der Waals surface area contributed by atoms with E-state index in [0.29, 0.717) is 5.92 Å². The summed E-state index contributed by atoms with van der Waals surface area (Å²) in [5.41, 5.74) is 0.819. The summed E-state index contributed by atoms with van der Waals surface area (Å²) in [6.45, 7) is 4.36. The van der Waals surface area contributed by atoms with Crippen LogP contribution in [0.5, 0.6) is 0 Å². The first kappa shape index (κ1) is 15.0. The van der Waals surface area contributed by atoms with Crippen molar-refractivity contribution in [3.05, 3.63) is 42.0 Å². The van der Waals surface area contributed by atoms with E-state index in [0.717, 1.165) is 31.2 Å². The van der Waals surface area contributed by atoms with E-state index in [9.17, 15) is 9.59 Å². The summed E-state index contributed by atoms with van der Waals surface area (Å²) in [5, 5.41) is 3.05. The standard InChI is InChI=1S/C19H23NO2/c1-18-12-10-15(11-13-18)19(18,2)20-17(22)16(21)9-8-14-6-4-3-5-7-14/h3-9,15H,10-13H2,1-2H3,(H,20,22)/b9-8+/t15-,18+,19-/m0/s1. The van der Waals surface area contributed by atoms with Crippen LogP contribution in [-0.4, -0.2) is 17.2 Å². The molecule has 2 bridgehead atoms. The summed E-state index contributed by atoms with van der Waals surface area (Å²) >= 11 is 0. The Labute approximate surface area is 131 Å². The highest BCUT2D eigenvalue weighted by Gasteiger charge is 2.59. The van der Waals surface area contributed by atoms with Crippen molar-refractivity contribution in [2.45, 2.75) is 45.1 Å². The van der Waals surface area contributed by atoms with Crippen LogP contribution in [0.1, 0.15) is 45.1 Å². The lowest BCUT2D eigenvalue weighted by molar-refractivity contribution is -0.137. The van der Waals surface area contributed by atoms with E-state index in [1.165, 1.54) is 6.08 Å². The van der Waals surface area contributed by atoms with Crippen LogP contribution >= 0.6 is 0 Å². The molecule has 0 heterocycles. The first-order chi connectivity index (χ1) is 10.4. The third-order valence-corrected chi connectivity index (χ3v) is 5.98. The lowest BCUT2D eigenvalue weighted by atomic mass is 9.76. The van der Waals surface area contributed by atoms with Crippen molar-refractivity contribution < 1.29 is 9.59 Å². The zero-order valence-electron chi connectivity index (χ0n) is 13.3. The molecule has 22 heavy (non-hydrogen) atoms. The van der Waals surface area contributed by atoms with Gasteiger partial charge in [0.1, 0.15) is 0 Å². The molecular formula is C19H23NO2. The van der Waals surface area contributed by atoms with Crippen molar-refractivity contribution in [2.75, 3.05) is 0 Å². The molecule has 0 aliphatic heterocycles. The summed E-state index contributed by atoms with van der Waals surface area (Å²) in [4.78, 5) is 24.4. The van der Waals surface area contributed by atoms with Gasteiger partial charge in [0, 0.05) is 5.54 Å². The molecule has 2 aliphatic rings. The van der Waals surface area contributed by atoms with Gasteiger partial charge in [0.2, 0.25) is 5.78 Å². The summed E-state index contributed by atoms with van der Waals surface area (Å²) in [7, 11) is 0. The Kier molecular flexibility index (Phi) is 3.67.